The molecule has 0 bridgehead atoms. The van der Waals surface area contributed by atoms with Gasteiger partial charge in [-0.2, -0.15) is 18.2 Å². The second-order valence-corrected chi connectivity index (χ2v) is 6.82. The molecule has 0 unspecified atom stereocenters. The van der Waals surface area contributed by atoms with Crippen LogP contribution in [0.4, 0.5) is 24.8 Å². The summed E-state index contributed by atoms with van der Waals surface area (Å²) in [6, 6.07) is 7.39. The summed E-state index contributed by atoms with van der Waals surface area (Å²) in [6.45, 7) is 0. The highest BCUT2D eigenvalue weighted by atomic mass is 127. The molecule has 3 rings (SSSR count). The largest absolute Gasteiger partial charge is 0.474 e. The zero-order valence-electron chi connectivity index (χ0n) is 12.6. The lowest BCUT2D eigenvalue weighted by Gasteiger charge is -2.17. The van der Waals surface area contributed by atoms with Crippen LogP contribution in [0.3, 0.4) is 0 Å². The number of rotatable bonds is 4. The van der Waals surface area contributed by atoms with E-state index in [-0.39, 0.29) is 12.1 Å². The summed E-state index contributed by atoms with van der Waals surface area (Å²) in [7, 11) is 0. The van der Waals surface area contributed by atoms with E-state index in [1.807, 2.05) is 18.2 Å². The molecule has 2 aromatic rings. The number of alkyl halides is 3. The van der Waals surface area contributed by atoms with Crippen molar-refractivity contribution >= 4 is 34.2 Å². The highest BCUT2D eigenvalue weighted by molar-refractivity contribution is 14.1. The molecule has 0 spiro atoms. The molecule has 0 radical (unpaired) electrons. The minimum absolute atomic E-state index is 0.0815. The zero-order valence-corrected chi connectivity index (χ0v) is 14.8. The summed E-state index contributed by atoms with van der Waals surface area (Å²) in [5.74, 6) is -0.324. The third-order valence-corrected chi connectivity index (χ3v) is 4.39. The second-order valence-electron chi connectivity index (χ2n) is 5.57. The molecule has 1 aromatic carbocycles. The van der Waals surface area contributed by atoms with Gasteiger partial charge >= 0.3 is 6.18 Å². The lowest BCUT2D eigenvalue weighted by Crippen LogP contribution is -2.18. The molecule has 0 saturated heterocycles. The van der Waals surface area contributed by atoms with Gasteiger partial charge in [0.05, 0.1) is 0 Å². The van der Waals surface area contributed by atoms with E-state index in [9.17, 15) is 13.2 Å². The molecule has 1 aromatic heterocycles. The minimum atomic E-state index is -4.55. The molecule has 128 valence electrons. The molecule has 1 fully saturated rings. The lowest BCUT2D eigenvalue weighted by molar-refractivity contribution is -0.139. The maximum atomic E-state index is 13.2. The fourth-order valence-corrected chi connectivity index (χ4v) is 3.11. The van der Waals surface area contributed by atoms with E-state index in [0.29, 0.717) is 5.69 Å². The molecule has 0 atom stereocenters. The van der Waals surface area contributed by atoms with Crippen molar-refractivity contribution in [3.05, 3.63) is 39.6 Å². The molecule has 4 nitrogen and oxygen atoms in total. The highest BCUT2D eigenvalue weighted by Gasteiger charge is 2.37. The number of ether oxygens (including phenoxy) is 1. The van der Waals surface area contributed by atoms with Crippen LogP contribution in [-0.4, -0.2) is 16.1 Å². The van der Waals surface area contributed by atoms with Crippen LogP contribution in [-0.2, 0) is 6.18 Å². The number of hydrogen-bond donors (Lipinski definition) is 1. The van der Waals surface area contributed by atoms with Crippen molar-refractivity contribution in [3.63, 3.8) is 0 Å². The first-order chi connectivity index (χ1) is 11.4. The Kier molecular flexibility index (Phi) is 5.12. The minimum Gasteiger partial charge on any atom is -0.474 e. The zero-order chi connectivity index (χ0) is 17.2. The molecule has 0 amide bonds. The van der Waals surface area contributed by atoms with Crippen LogP contribution in [0.1, 0.15) is 31.2 Å². The van der Waals surface area contributed by atoms with Crippen molar-refractivity contribution in [1.82, 2.24) is 9.97 Å². The van der Waals surface area contributed by atoms with Gasteiger partial charge in [-0.3, -0.25) is 0 Å². The van der Waals surface area contributed by atoms with Crippen LogP contribution in [0.5, 0.6) is 5.88 Å². The summed E-state index contributed by atoms with van der Waals surface area (Å²) >= 11 is 2.15. The Hall–Kier alpha value is -1.58. The Morgan fingerprint density at radius 1 is 1.21 bits per heavy atom. The predicted octanol–water partition coefficient (Wildman–Crippen LogP) is 5.17. The SMILES string of the molecule is FC(F)(F)c1cnc(Nc2cccc(I)c2)nc1OC1CCCC1. The number of anilines is 2. The predicted molar refractivity (Wildman–Crippen MR) is 92.4 cm³/mol. The van der Waals surface area contributed by atoms with Crippen molar-refractivity contribution < 1.29 is 17.9 Å². The quantitative estimate of drug-likeness (QED) is 0.655. The van der Waals surface area contributed by atoms with E-state index in [2.05, 4.69) is 37.9 Å². The van der Waals surface area contributed by atoms with Gasteiger partial charge < -0.3 is 10.1 Å². The molecular weight excluding hydrogens is 434 g/mol. The van der Waals surface area contributed by atoms with Gasteiger partial charge in [0.15, 0.2) is 0 Å². The lowest BCUT2D eigenvalue weighted by atomic mass is 10.3. The van der Waals surface area contributed by atoms with Gasteiger partial charge in [0.25, 0.3) is 0 Å². The molecule has 1 saturated carbocycles. The van der Waals surface area contributed by atoms with E-state index in [4.69, 9.17) is 4.74 Å². The first-order valence-electron chi connectivity index (χ1n) is 7.55. The maximum Gasteiger partial charge on any atom is 0.423 e. The Balaban J connectivity index is 1.88. The highest BCUT2D eigenvalue weighted by Crippen LogP contribution is 2.37. The van der Waals surface area contributed by atoms with E-state index in [1.165, 1.54) is 0 Å². The van der Waals surface area contributed by atoms with Crippen molar-refractivity contribution in [3.8, 4) is 5.88 Å². The van der Waals surface area contributed by atoms with Gasteiger partial charge in [-0.1, -0.05) is 6.07 Å². The molecule has 1 heterocycles. The molecule has 0 aliphatic heterocycles. The number of nitrogens with zero attached hydrogens (tertiary/aromatic N) is 2. The Labute approximate surface area is 151 Å². The van der Waals surface area contributed by atoms with Crippen LogP contribution in [0, 0.1) is 3.57 Å². The van der Waals surface area contributed by atoms with Crippen molar-refractivity contribution in [1.29, 1.82) is 0 Å². The van der Waals surface area contributed by atoms with E-state index in [1.54, 1.807) is 6.07 Å². The second kappa shape index (κ2) is 7.12. The summed E-state index contributed by atoms with van der Waals surface area (Å²) < 4.78 is 46.0. The van der Waals surface area contributed by atoms with Gasteiger partial charge in [0.1, 0.15) is 11.7 Å². The van der Waals surface area contributed by atoms with Crippen LogP contribution in [0.25, 0.3) is 0 Å². The van der Waals surface area contributed by atoms with E-state index < -0.39 is 17.6 Å². The number of benzene rings is 1. The van der Waals surface area contributed by atoms with E-state index >= 15 is 0 Å². The molecule has 8 heteroatoms. The number of aromatic nitrogens is 2. The molecular formula is C16H15F3IN3O. The van der Waals surface area contributed by atoms with Crippen LogP contribution in [0.15, 0.2) is 30.5 Å². The van der Waals surface area contributed by atoms with Crippen molar-refractivity contribution in [2.24, 2.45) is 0 Å². The normalized spacial score (nSPS) is 15.5. The summed E-state index contributed by atoms with van der Waals surface area (Å²) in [5, 5.41) is 2.91. The van der Waals surface area contributed by atoms with Crippen LogP contribution in [0.2, 0.25) is 0 Å². The smallest absolute Gasteiger partial charge is 0.423 e. The summed E-state index contributed by atoms with van der Waals surface area (Å²) in [4.78, 5) is 7.74. The van der Waals surface area contributed by atoms with Crippen molar-refractivity contribution in [2.75, 3.05) is 5.32 Å². The van der Waals surface area contributed by atoms with Gasteiger partial charge in [0, 0.05) is 15.5 Å². The van der Waals surface area contributed by atoms with Crippen molar-refractivity contribution in [2.45, 2.75) is 38.0 Å². The topological polar surface area (TPSA) is 47.0 Å². The van der Waals surface area contributed by atoms with Crippen LogP contribution >= 0.6 is 22.6 Å². The Morgan fingerprint density at radius 2 is 1.96 bits per heavy atom. The fourth-order valence-electron chi connectivity index (χ4n) is 2.57. The molecule has 1 N–H and O–H groups in total. The third kappa shape index (κ3) is 4.28. The standard InChI is InChI=1S/C16H15F3IN3O/c17-16(18,19)13-9-21-15(22-11-5-3-4-10(20)8-11)23-14(13)24-12-6-1-2-7-12/h3-5,8-9,12H,1-2,6-7H2,(H,21,22,23). The monoisotopic (exact) mass is 449 g/mol. The molecule has 1 aliphatic carbocycles. The first kappa shape index (κ1) is 17.2. The maximum absolute atomic E-state index is 13.2. The van der Waals surface area contributed by atoms with Crippen LogP contribution < -0.4 is 10.1 Å². The first-order valence-corrected chi connectivity index (χ1v) is 8.63. The van der Waals surface area contributed by atoms with Gasteiger partial charge in [-0.05, 0) is 66.5 Å². The number of hydrogen-bond acceptors (Lipinski definition) is 4. The van der Waals surface area contributed by atoms with Gasteiger partial charge in [-0.15, -0.1) is 0 Å². The number of nitrogens with one attached hydrogen (secondary N) is 1. The van der Waals surface area contributed by atoms with E-state index in [0.717, 1.165) is 35.5 Å². The summed E-state index contributed by atoms with van der Waals surface area (Å²) in [6.07, 6.45) is -0.564. The Morgan fingerprint density at radius 3 is 2.62 bits per heavy atom. The summed E-state index contributed by atoms with van der Waals surface area (Å²) in [5.41, 5.74) is -0.240. The average molecular weight is 449 g/mol. The number of halogens is 4. The average Bonchev–Trinajstić information content (AvgIpc) is 2.99. The molecule has 24 heavy (non-hydrogen) atoms. The third-order valence-electron chi connectivity index (χ3n) is 3.72. The Bertz CT molecular complexity index is 718. The fraction of sp³-hybridized carbons (Fsp3) is 0.375. The molecule has 1 aliphatic rings. The van der Waals surface area contributed by atoms with Gasteiger partial charge in [0.2, 0.25) is 11.8 Å². The van der Waals surface area contributed by atoms with Gasteiger partial charge in [-0.25, -0.2) is 4.98 Å².